The molecule has 6 heteroatoms. The van der Waals surface area contributed by atoms with Gasteiger partial charge in [-0.15, -0.1) is 0 Å². The van der Waals surface area contributed by atoms with Gasteiger partial charge in [-0.2, -0.15) is 0 Å². The molecule has 0 radical (unpaired) electrons. The zero-order valence-corrected chi connectivity index (χ0v) is 18.7. The van der Waals surface area contributed by atoms with Crippen LogP contribution in [0, 0.1) is 5.92 Å². The normalized spacial score (nSPS) is 10.5. The minimum absolute atomic E-state index is 0.0602. The van der Waals surface area contributed by atoms with Crippen molar-refractivity contribution in [2.45, 2.75) is 13.8 Å². The lowest BCUT2D eigenvalue weighted by atomic mass is 10.1. The quantitative estimate of drug-likeness (QED) is 0.497. The molecule has 0 unspecified atom stereocenters. The van der Waals surface area contributed by atoms with E-state index in [4.69, 9.17) is 4.74 Å². The third-order valence-electron chi connectivity index (χ3n) is 4.74. The molecule has 2 N–H and O–H groups in total. The number of anilines is 3. The molecule has 166 valence electrons. The molecule has 6 nitrogen and oxygen atoms in total. The van der Waals surface area contributed by atoms with Gasteiger partial charge in [-0.3, -0.25) is 9.59 Å². The maximum Gasteiger partial charge on any atom is 0.258 e. The molecule has 0 aliphatic heterocycles. The summed E-state index contributed by atoms with van der Waals surface area (Å²) in [5, 5.41) is 5.96. The second kappa shape index (κ2) is 11.0. The molecule has 0 heterocycles. The molecular weight excluding hydrogens is 402 g/mol. The van der Waals surface area contributed by atoms with Crippen molar-refractivity contribution in [1.29, 1.82) is 0 Å². The lowest BCUT2D eigenvalue weighted by Crippen LogP contribution is -2.26. The van der Waals surface area contributed by atoms with Gasteiger partial charge in [-0.25, -0.2) is 0 Å². The fraction of sp³-hybridized carbons (Fsp3) is 0.231. The molecule has 0 spiro atoms. The highest BCUT2D eigenvalue weighted by molar-refractivity contribution is 6.06. The summed E-state index contributed by atoms with van der Waals surface area (Å²) < 4.78 is 5.79. The van der Waals surface area contributed by atoms with Crippen LogP contribution in [0.1, 0.15) is 24.2 Å². The highest BCUT2D eigenvalue weighted by atomic mass is 16.5. The molecule has 3 rings (SSSR count). The molecule has 0 aromatic heterocycles. The van der Waals surface area contributed by atoms with Crippen molar-refractivity contribution < 1.29 is 14.3 Å². The van der Waals surface area contributed by atoms with E-state index >= 15 is 0 Å². The maximum absolute atomic E-state index is 12.8. The summed E-state index contributed by atoms with van der Waals surface area (Å²) in [4.78, 5) is 26.9. The van der Waals surface area contributed by atoms with Crippen LogP contribution in [-0.4, -0.2) is 32.0 Å². The van der Waals surface area contributed by atoms with Crippen LogP contribution in [0.25, 0.3) is 0 Å². The molecular formula is C26H29N3O3. The Morgan fingerprint density at radius 1 is 0.938 bits per heavy atom. The standard InChI is InChI=1S/C26H29N3O3/c1-19(2)18-32-24-15-8-7-14-23(24)28-25(30)17-27-21-11-9-10-20(16-21)26(31)29(3)22-12-5-4-6-13-22/h4-16,19,27H,17-18H2,1-3H3,(H,28,30). The van der Waals surface area contributed by atoms with Gasteiger partial charge in [0.1, 0.15) is 5.75 Å². The topological polar surface area (TPSA) is 70.7 Å². The van der Waals surface area contributed by atoms with Crippen molar-refractivity contribution in [2.75, 3.05) is 35.7 Å². The van der Waals surface area contributed by atoms with Crippen LogP contribution in [0.2, 0.25) is 0 Å². The van der Waals surface area contributed by atoms with Gasteiger partial charge in [0.2, 0.25) is 5.91 Å². The molecule has 0 bridgehead atoms. The molecule has 0 aliphatic carbocycles. The van der Waals surface area contributed by atoms with Crippen molar-refractivity contribution in [3.63, 3.8) is 0 Å². The van der Waals surface area contributed by atoms with Gasteiger partial charge in [0.25, 0.3) is 5.91 Å². The van der Waals surface area contributed by atoms with E-state index in [1.807, 2.05) is 60.7 Å². The zero-order chi connectivity index (χ0) is 22.9. The summed E-state index contributed by atoms with van der Waals surface area (Å²) in [6, 6.07) is 24.0. The summed E-state index contributed by atoms with van der Waals surface area (Å²) in [5.41, 5.74) is 2.67. The number of hydrogen-bond acceptors (Lipinski definition) is 4. The Bertz CT molecular complexity index is 1050. The Morgan fingerprint density at radius 2 is 1.66 bits per heavy atom. The van der Waals surface area contributed by atoms with Gasteiger partial charge in [0.05, 0.1) is 18.8 Å². The third-order valence-corrected chi connectivity index (χ3v) is 4.74. The average molecular weight is 432 g/mol. The number of carbonyl (C=O) groups excluding carboxylic acids is 2. The SMILES string of the molecule is CC(C)COc1ccccc1NC(=O)CNc1cccc(C(=O)N(C)c2ccccc2)c1. The van der Waals surface area contributed by atoms with E-state index in [1.165, 1.54) is 0 Å². The van der Waals surface area contributed by atoms with Crippen molar-refractivity contribution >= 4 is 28.9 Å². The molecule has 0 saturated heterocycles. The molecule has 2 amide bonds. The molecule has 0 atom stereocenters. The fourth-order valence-electron chi connectivity index (χ4n) is 3.05. The number of nitrogens with one attached hydrogen (secondary N) is 2. The number of benzene rings is 3. The Hall–Kier alpha value is -3.80. The summed E-state index contributed by atoms with van der Waals surface area (Å²) in [6.07, 6.45) is 0. The number of para-hydroxylation sites is 3. The van der Waals surface area contributed by atoms with Gasteiger partial charge in [0.15, 0.2) is 0 Å². The van der Waals surface area contributed by atoms with Gasteiger partial charge < -0.3 is 20.3 Å². The van der Waals surface area contributed by atoms with Crippen LogP contribution >= 0.6 is 0 Å². The second-order valence-corrected chi connectivity index (χ2v) is 7.88. The lowest BCUT2D eigenvalue weighted by Gasteiger charge is -2.18. The first-order valence-corrected chi connectivity index (χ1v) is 10.6. The van der Waals surface area contributed by atoms with Gasteiger partial charge in [-0.05, 0) is 48.4 Å². The highest BCUT2D eigenvalue weighted by Gasteiger charge is 2.14. The van der Waals surface area contributed by atoms with Crippen LogP contribution in [0.5, 0.6) is 5.75 Å². The predicted molar refractivity (Wildman–Crippen MR) is 130 cm³/mol. The Kier molecular flexibility index (Phi) is 7.86. The van der Waals surface area contributed by atoms with E-state index in [9.17, 15) is 9.59 Å². The largest absolute Gasteiger partial charge is 0.491 e. The number of rotatable bonds is 9. The van der Waals surface area contributed by atoms with E-state index in [0.29, 0.717) is 35.2 Å². The number of nitrogens with zero attached hydrogens (tertiary/aromatic N) is 1. The second-order valence-electron chi connectivity index (χ2n) is 7.88. The first-order chi connectivity index (χ1) is 15.4. The molecule has 3 aromatic rings. The monoisotopic (exact) mass is 431 g/mol. The van der Waals surface area contributed by atoms with Crippen LogP contribution < -0.4 is 20.3 Å². The molecule has 0 saturated carbocycles. The number of ether oxygens (including phenoxy) is 1. The number of amides is 2. The number of carbonyl (C=O) groups is 2. The Morgan fingerprint density at radius 3 is 2.41 bits per heavy atom. The molecule has 32 heavy (non-hydrogen) atoms. The number of hydrogen-bond donors (Lipinski definition) is 2. The summed E-state index contributed by atoms with van der Waals surface area (Å²) in [7, 11) is 1.74. The molecule has 0 fully saturated rings. The van der Waals surface area contributed by atoms with Gasteiger partial charge in [0, 0.05) is 24.0 Å². The Balaban J connectivity index is 1.60. The van der Waals surface area contributed by atoms with Crippen molar-refractivity contribution in [1.82, 2.24) is 0 Å². The zero-order valence-electron chi connectivity index (χ0n) is 18.7. The first-order valence-electron chi connectivity index (χ1n) is 10.6. The van der Waals surface area contributed by atoms with Crippen LogP contribution in [0.3, 0.4) is 0 Å². The average Bonchev–Trinajstić information content (AvgIpc) is 2.82. The minimum atomic E-state index is -0.205. The van der Waals surface area contributed by atoms with E-state index in [-0.39, 0.29) is 18.4 Å². The minimum Gasteiger partial charge on any atom is -0.491 e. The van der Waals surface area contributed by atoms with Crippen molar-refractivity contribution in [3.8, 4) is 5.75 Å². The molecule has 0 aliphatic rings. The fourth-order valence-corrected chi connectivity index (χ4v) is 3.05. The first kappa shape index (κ1) is 22.9. The van der Waals surface area contributed by atoms with Crippen molar-refractivity contribution in [2.24, 2.45) is 5.92 Å². The van der Waals surface area contributed by atoms with Crippen LogP contribution in [0.4, 0.5) is 17.1 Å². The van der Waals surface area contributed by atoms with Crippen molar-refractivity contribution in [3.05, 3.63) is 84.4 Å². The Labute approximate surface area is 189 Å². The van der Waals surface area contributed by atoms with E-state index in [2.05, 4.69) is 24.5 Å². The smallest absolute Gasteiger partial charge is 0.258 e. The lowest BCUT2D eigenvalue weighted by molar-refractivity contribution is -0.114. The maximum atomic E-state index is 12.8. The van der Waals surface area contributed by atoms with Crippen LogP contribution in [0.15, 0.2) is 78.9 Å². The summed E-state index contributed by atoms with van der Waals surface area (Å²) in [6.45, 7) is 4.78. The highest BCUT2D eigenvalue weighted by Crippen LogP contribution is 2.24. The van der Waals surface area contributed by atoms with Crippen LogP contribution in [-0.2, 0) is 4.79 Å². The van der Waals surface area contributed by atoms with E-state index < -0.39 is 0 Å². The molecule has 3 aromatic carbocycles. The summed E-state index contributed by atoms with van der Waals surface area (Å²) in [5.74, 6) is 0.701. The van der Waals surface area contributed by atoms with Gasteiger partial charge >= 0.3 is 0 Å². The third kappa shape index (κ3) is 6.35. The predicted octanol–water partition coefficient (Wildman–Crippen LogP) is 5.05. The van der Waals surface area contributed by atoms with E-state index in [0.717, 1.165) is 5.69 Å². The summed E-state index contributed by atoms with van der Waals surface area (Å²) >= 11 is 0. The van der Waals surface area contributed by atoms with E-state index in [1.54, 1.807) is 30.1 Å². The van der Waals surface area contributed by atoms with Gasteiger partial charge in [-0.1, -0.05) is 50.2 Å².